The van der Waals surface area contributed by atoms with E-state index in [0.29, 0.717) is 19.4 Å². The minimum Gasteiger partial charge on any atom is -0.481 e. The van der Waals surface area contributed by atoms with Gasteiger partial charge in [0.1, 0.15) is 6.54 Å². The Kier molecular flexibility index (Phi) is 8.17. The molecule has 0 fully saturated rings. The molecule has 1 aliphatic rings. The Hall–Kier alpha value is -3.10. The van der Waals surface area contributed by atoms with Gasteiger partial charge in [-0.25, -0.2) is 0 Å². The Balaban J connectivity index is 1.85. The van der Waals surface area contributed by atoms with Crippen molar-refractivity contribution in [1.29, 1.82) is 0 Å². The van der Waals surface area contributed by atoms with Crippen LogP contribution in [0.2, 0.25) is 0 Å². The molecule has 0 saturated carbocycles. The molecule has 2 aromatic rings. The molecule has 0 radical (unpaired) electrons. The standard InChI is InChI=1S/C26H30N2O5S/c1-26(2)22-19-21(34(31,32)33)15-16-23(22)28(18-10-4-7-14-25(29)30)24(26)13-8-9-17-27-20-11-5-3-6-12-20/h3,5-6,8,11-13,15-17,19H,4,7,9-10,14,18H2,1-2H3,(H-,29,30,31,32,33)/p+1. The molecule has 0 unspecified atom stereocenters. The molecule has 0 atom stereocenters. The Labute approximate surface area is 200 Å². The van der Waals surface area contributed by atoms with Gasteiger partial charge < -0.3 is 5.11 Å². The van der Waals surface area contributed by atoms with Gasteiger partial charge >= 0.3 is 5.97 Å². The first-order chi connectivity index (χ1) is 16.1. The Bertz CT molecular complexity index is 1230. The Morgan fingerprint density at radius 2 is 1.82 bits per heavy atom. The van der Waals surface area contributed by atoms with Gasteiger partial charge in [0.25, 0.3) is 10.1 Å². The van der Waals surface area contributed by atoms with Crippen molar-refractivity contribution in [1.82, 2.24) is 0 Å². The zero-order valence-corrected chi connectivity index (χ0v) is 20.3. The summed E-state index contributed by atoms with van der Waals surface area (Å²) in [5.74, 6) is -0.794. The SMILES string of the molecule is CC1(C)C(C=CCC=Nc2ccccc2)=[N+](CCCCCC(=O)O)c2ccc(S(=O)(=O)O)cc21. The zero-order valence-electron chi connectivity index (χ0n) is 19.5. The maximum absolute atomic E-state index is 11.7. The number of carbonyl (C=O) groups is 1. The molecule has 0 amide bonds. The first kappa shape index (κ1) is 25.5. The van der Waals surface area contributed by atoms with Gasteiger partial charge in [0.05, 0.1) is 16.0 Å². The predicted octanol–water partition coefficient (Wildman–Crippen LogP) is 5.30. The van der Waals surface area contributed by atoms with Crippen LogP contribution in [0, 0.1) is 0 Å². The number of aliphatic imine (C=N–C) groups is 1. The molecule has 3 rings (SSSR count). The summed E-state index contributed by atoms with van der Waals surface area (Å²) in [4.78, 5) is 15.1. The lowest BCUT2D eigenvalue weighted by atomic mass is 9.81. The molecule has 0 aromatic heterocycles. The first-order valence-electron chi connectivity index (χ1n) is 11.3. The maximum Gasteiger partial charge on any atom is 0.303 e. The van der Waals surface area contributed by atoms with Crippen molar-refractivity contribution in [2.75, 3.05) is 6.54 Å². The van der Waals surface area contributed by atoms with E-state index < -0.39 is 21.5 Å². The van der Waals surface area contributed by atoms with Crippen LogP contribution >= 0.6 is 0 Å². The summed E-state index contributed by atoms with van der Waals surface area (Å²) >= 11 is 0. The van der Waals surface area contributed by atoms with Gasteiger partial charge in [0.15, 0.2) is 5.71 Å². The molecule has 1 aliphatic heterocycles. The number of hydrogen-bond acceptors (Lipinski definition) is 4. The normalized spacial score (nSPS) is 15.4. The molecular weight excluding hydrogens is 452 g/mol. The lowest BCUT2D eigenvalue weighted by molar-refractivity contribution is -0.438. The molecule has 34 heavy (non-hydrogen) atoms. The summed E-state index contributed by atoms with van der Waals surface area (Å²) in [5, 5.41) is 8.87. The van der Waals surface area contributed by atoms with Crippen molar-refractivity contribution in [2.24, 2.45) is 4.99 Å². The number of aliphatic carboxylic acids is 1. The summed E-state index contributed by atoms with van der Waals surface area (Å²) in [7, 11) is -4.31. The molecule has 180 valence electrons. The van der Waals surface area contributed by atoms with E-state index in [1.165, 1.54) is 6.07 Å². The van der Waals surface area contributed by atoms with Crippen LogP contribution in [0.1, 0.15) is 51.5 Å². The molecular formula is C26H31N2O5S+. The van der Waals surface area contributed by atoms with Crippen LogP contribution in [0.15, 0.2) is 70.6 Å². The van der Waals surface area contributed by atoms with Crippen molar-refractivity contribution >= 4 is 39.4 Å². The van der Waals surface area contributed by atoms with Crippen molar-refractivity contribution in [3.05, 3.63) is 66.2 Å². The molecule has 2 aromatic carbocycles. The summed E-state index contributed by atoms with van der Waals surface area (Å²) in [6.07, 6.45) is 8.89. The topological polar surface area (TPSA) is 107 Å². The Morgan fingerprint density at radius 1 is 1.09 bits per heavy atom. The van der Waals surface area contributed by atoms with Gasteiger partial charge in [-0.15, -0.1) is 0 Å². The lowest BCUT2D eigenvalue weighted by Crippen LogP contribution is -2.28. The van der Waals surface area contributed by atoms with E-state index in [1.807, 2.05) is 62.5 Å². The highest BCUT2D eigenvalue weighted by Crippen LogP contribution is 2.41. The van der Waals surface area contributed by atoms with E-state index in [0.717, 1.165) is 35.5 Å². The highest BCUT2D eigenvalue weighted by atomic mass is 32.2. The maximum atomic E-state index is 11.7. The minimum absolute atomic E-state index is 0.124. The molecule has 7 nitrogen and oxygen atoms in total. The molecule has 0 spiro atoms. The van der Waals surface area contributed by atoms with Crippen LogP contribution in [0.5, 0.6) is 0 Å². The van der Waals surface area contributed by atoms with Crippen LogP contribution in [0.4, 0.5) is 11.4 Å². The number of nitrogens with zero attached hydrogens (tertiary/aromatic N) is 2. The third kappa shape index (κ3) is 6.27. The number of fused-ring (bicyclic) bond motifs is 1. The monoisotopic (exact) mass is 483 g/mol. The number of unbranched alkanes of at least 4 members (excludes halogenated alkanes) is 2. The third-order valence-corrected chi connectivity index (χ3v) is 6.80. The van der Waals surface area contributed by atoms with E-state index in [1.54, 1.807) is 12.1 Å². The molecule has 8 heteroatoms. The summed E-state index contributed by atoms with van der Waals surface area (Å²) in [5.41, 5.74) is 3.14. The van der Waals surface area contributed by atoms with Crippen molar-refractivity contribution in [3.8, 4) is 0 Å². The fourth-order valence-corrected chi connectivity index (χ4v) is 4.70. The van der Waals surface area contributed by atoms with E-state index in [4.69, 9.17) is 5.11 Å². The van der Waals surface area contributed by atoms with Crippen LogP contribution in [0.25, 0.3) is 0 Å². The first-order valence-corrected chi connectivity index (χ1v) is 12.8. The number of benzene rings is 2. The highest BCUT2D eigenvalue weighted by molar-refractivity contribution is 7.85. The minimum atomic E-state index is -4.31. The molecule has 0 bridgehead atoms. The predicted molar refractivity (Wildman–Crippen MR) is 134 cm³/mol. The number of carboxylic acid groups (broad SMARTS) is 1. The molecule has 0 saturated heterocycles. The van der Waals surface area contributed by atoms with Gasteiger partial charge in [-0.2, -0.15) is 13.0 Å². The quantitative estimate of drug-likeness (QED) is 0.195. The molecule has 1 heterocycles. The fourth-order valence-electron chi connectivity index (χ4n) is 4.19. The highest BCUT2D eigenvalue weighted by Gasteiger charge is 2.44. The van der Waals surface area contributed by atoms with E-state index >= 15 is 0 Å². The number of carboxylic acids is 1. The van der Waals surface area contributed by atoms with Crippen LogP contribution in [-0.4, -0.2) is 47.1 Å². The molecule has 2 N–H and O–H groups in total. The lowest BCUT2D eigenvalue weighted by Gasteiger charge is -2.16. The van der Waals surface area contributed by atoms with Gasteiger partial charge in [-0.3, -0.25) is 14.3 Å². The molecule has 0 aliphatic carbocycles. The van der Waals surface area contributed by atoms with Crippen molar-refractivity contribution < 1.29 is 27.4 Å². The average molecular weight is 484 g/mol. The number of para-hydroxylation sites is 1. The number of rotatable bonds is 11. The summed E-state index contributed by atoms with van der Waals surface area (Å²) in [6, 6.07) is 14.4. The van der Waals surface area contributed by atoms with Crippen LogP contribution in [-0.2, 0) is 20.3 Å². The van der Waals surface area contributed by atoms with Crippen molar-refractivity contribution in [3.63, 3.8) is 0 Å². The summed E-state index contributed by atoms with van der Waals surface area (Å²) < 4.78 is 35.1. The third-order valence-electron chi connectivity index (χ3n) is 5.95. The smallest absolute Gasteiger partial charge is 0.303 e. The van der Waals surface area contributed by atoms with Crippen molar-refractivity contribution in [2.45, 2.75) is 56.3 Å². The summed E-state index contributed by atoms with van der Waals surface area (Å²) in [6.45, 7) is 4.74. The van der Waals surface area contributed by atoms with E-state index in [2.05, 4.69) is 9.57 Å². The van der Waals surface area contributed by atoms with Gasteiger partial charge in [0.2, 0.25) is 5.69 Å². The second kappa shape index (κ2) is 10.9. The van der Waals surface area contributed by atoms with Gasteiger partial charge in [-0.05, 0) is 51.0 Å². The second-order valence-corrected chi connectivity index (χ2v) is 10.2. The largest absolute Gasteiger partial charge is 0.481 e. The van der Waals surface area contributed by atoms with E-state index in [-0.39, 0.29) is 11.3 Å². The average Bonchev–Trinajstić information content (AvgIpc) is 2.99. The van der Waals surface area contributed by atoms with Gasteiger partial charge in [0, 0.05) is 43.2 Å². The number of hydrogen-bond donors (Lipinski definition) is 2. The Morgan fingerprint density at radius 3 is 2.50 bits per heavy atom. The van der Waals surface area contributed by atoms with Crippen LogP contribution in [0.3, 0.4) is 0 Å². The fraction of sp³-hybridized carbons (Fsp3) is 0.346. The van der Waals surface area contributed by atoms with Gasteiger partial charge in [-0.1, -0.05) is 24.3 Å². The van der Waals surface area contributed by atoms with Crippen LogP contribution < -0.4 is 0 Å². The number of allylic oxidation sites excluding steroid dienone is 2. The van der Waals surface area contributed by atoms with E-state index in [9.17, 15) is 17.8 Å². The second-order valence-electron chi connectivity index (χ2n) is 8.81. The zero-order chi connectivity index (χ0) is 24.8.